The van der Waals surface area contributed by atoms with Crippen molar-refractivity contribution in [3.05, 3.63) is 12.1 Å². The van der Waals surface area contributed by atoms with Gasteiger partial charge >= 0.3 is 0 Å². The van der Waals surface area contributed by atoms with Crippen LogP contribution in [0.2, 0.25) is 0 Å². The zero-order valence-electron chi connectivity index (χ0n) is 19.5. The average Bonchev–Trinajstić information content (AvgIpc) is 2.77. The quantitative estimate of drug-likeness (QED) is 0.555. The Morgan fingerprint density at radius 2 is 1.84 bits per heavy atom. The van der Waals surface area contributed by atoms with Crippen LogP contribution in [0.5, 0.6) is 17.2 Å². The highest BCUT2D eigenvalue weighted by Gasteiger charge is 2.26. The zero-order chi connectivity index (χ0) is 22.8. The number of rotatable bonds is 11. The minimum atomic E-state index is -0.0996. The molecule has 8 nitrogen and oxygen atoms in total. The summed E-state index contributed by atoms with van der Waals surface area (Å²) in [5.74, 6) is 1.48. The molecule has 2 N–H and O–H groups in total. The van der Waals surface area contributed by atoms with E-state index >= 15 is 0 Å². The third kappa shape index (κ3) is 7.31. The van der Waals surface area contributed by atoms with Crippen LogP contribution in [0.15, 0.2) is 12.1 Å². The van der Waals surface area contributed by atoms with Gasteiger partial charge < -0.3 is 29.7 Å². The lowest BCUT2D eigenvalue weighted by Crippen LogP contribution is -2.45. The molecular weight excluding hydrogens is 398 g/mol. The number of nitrogens with zero attached hydrogens (tertiary/aromatic N) is 1. The monoisotopic (exact) mass is 435 g/mol. The van der Waals surface area contributed by atoms with Crippen LogP contribution in [-0.2, 0) is 9.59 Å². The number of piperidine rings is 1. The summed E-state index contributed by atoms with van der Waals surface area (Å²) in [5, 5.41) is 6.02. The van der Waals surface area contributed by atoms with Crippen molar-refractivity contribution in [2.45, 2.75) is 52.0 Å². The summed E-state index contributed by atoms with van der Waals surface area (Å²) >= 11 is 0. The van der Waals surface area contributed by atoms with Crippen molar-refractivity contribution in [2.24, 2.45) is 5.92 Å². The maximum Gasteiger partial charge on any atom is 0.225 e. The lowest BCUT2D eigenvalue weighted by molar-refractivity contribution is -0.127. The highest BCUT2D eigenvalue weighted by Crippen LogP contribution is 2.39. The number of amides is 2. The minimum absolute atomic E-state index is 0.00812. The van der Waals surface area contributed by atoms with E-state index in [0.717, 1.165) is 32.2 Å². The topological polar surface area (TPSA) is 89.1 Å². The number of benzene rings is 1. The fourth-order valence-electron chi connectivity index (χ4n) is 3.97. The molecule has 0 radical (unpaired) electrons. The van der Waals surface area contributed by atoms with Gasteiger partial charge in [0.25, 0.3) is 0 Å². The number of hydrogen-bond acceptors (Lipinski definition) is 6. The minimum Gasteiger partial charge on any atom is -0.493 e. The van der Waals surface area contributed by atoms with Gasteiger partial charge in [-0.3, -0.25) is 9.59 Å². The van der Waals surface area contributed by atoms with Crippen molar-refractivity contribution < 1.29 is 23.8 Å². The van der Waals surface area contributed by atoms with Gasteiger partial charge in [-0.05, 0) is 32.7 Å². The molecule has 2 amide bonds. The summed E-state index contributed by atoms with van der Waals surface area (Å²) < 4.78 is 16.0. The van der Waals surface area contributed by atoms with Crippen molar-refractivity contribution in [1.29, 1.82) is 0 Å². The van der Waals surface area contributed by atoms with Crippen LogP contribution in [0, 0.1) is 5.92 Å². The normalized spacial score (nSPS) is 17.5. The molecule has 1 aromatic rings. The number of hydrogen-bond donors (Lipinski definition) is 2. The molecule has 0 saturated carbocycles. The fraction of sp³-hybridized carbons (Fsp3) is 0.652. The standard InChI is InChI=1S/C23H37N3O5/c1-6-8-16(2)24-23(28)17-9-7-11-26(15-17)12-10-21(27)25-18-13-19(29-3)22(31-5)20(14-18)30-4/h13-14,16-17H,6-12,15H2,1-5H3,(H,24,28)(H,25,27). The molecule has 8 heteroatoms. The Bertz CT molecular complexity index is 715. The molecule has 0 bridgehead atoms. The SMILES string of the molecule is CCCC(C)NC(=O)C1CCCN(CCC(=O)Nc2cc(OC)c(OC)c(OC)c2)C1. The summed E-state index contributed by atoms with van der Waals surface area (Å²) in [6, 6.07) is 3.62. The van der Waals surface area contributed by atoms with Crippen LogP contribution < -0.4 is 24.8 Å². The molecule has 1 aromatic carbocycles. The molecule has 1 heterocycles. The number of nitrogens with one attached hydrogen (secondary N) is 2. The van der Waals surface area contributed by atoms with Crippen LogP contribution in [0.1, 0.15) is 46.0 Å². The van der Waals surface area contributed by atoms with E-state index in [1.165, 1.54) is 21.3 Å². The smallest absolute Gasteiger partial charge is 0.225 e. The van der Waals surface area contributed by atoms with E-state index in [1.807, 2.05) is 0 Å². The van der Waals surface area contributed by atoms with Crippen LogP contribution in [-0.4, -0.2) is 63.7 Å². The lowest BCUT2D eigenvalue weighted by atomic mass is 9.96. The van der Waals surface area contributed by atoms with E-state index < -0.39 is 0 Å². The second-order valence-corrected chi connectivity index (χ2v) is 8.05. The second kappa shape index (κ2) is 12.4. The van der Waals surface area contributed by atoms with Crippen LogP contribution in [0.3, 0.4) is 0 Å². The molecule has 1 aliphatic rings. The summed E-state index contributed by atoms with van der Waals surface area (Å²) in [7, 11) is 4.61. The Labute approximate surface area is 185 Å². The second-order valence-electron chi connectivity index (χ2n) is 8.05. The number of carbonyl (C=O) groups excluding carboxylic acids is 2. The third-order valence-corrected chi connectivity index (χ3v) is 5.59. The number of anilines is 1. The van der Waals surface area contributed by atoms with Gasteiger partial charge in [-0.1, -0.05) is 13.3 Å². The summed E-state index contributed by atoms with van der Waals surface area (Å²) in [4.78, 5) is 27.2. The molecule has 0 spiro atoms. The van der Waals surface area contributed by atoms with Gasteiger partial charge in [0.05, 0.1) is 27.2 Å². The van der Waals surface area contributed by atoms with E-state index in [4.69, 9.17) is 14.2 Å². The predicted octanol–water partition coefficient (Wildman–Crippen LogP) is 3.06. The highest BCUT2D eigenvalue weighted by molar-refractivity contribution is 5.91. The Morgan fingerprint density at radius 1 is 1.16 bits per heavy atom. The number of likely N-dealkylation sites (tertiary alicyclic amines) is 1. The van der Waals surface area contributed by atoms with Crippen LogP contribution in [0.4, 0.5) is 5.69 Å². The molecule has 1 fully saturated rings. The summed E-state index contributed by atoms with van der Waals surface area (Å²) in [6.07, 6.45) is 4.26. The molecule has 2 unspecified atom stereocenters. The first-order valence-electron chi connectivity index (χ1n) is 11.0. The molecule has 174 valence electrons. The van der Waals surface area contributed by atoms with Crippen molar-refractivity contribution in [3.63, 3.8) is 0 Å². The Kier molecular flexibility index (Phi) is 9.91. The predicted molar refractivity (Wildman–Crippen MR) is 121 cm³/mol. The van der Waals surface area contributed by atoms with Crippen LogP contribution in [0.25, 0.3) is 0 Å². The van der Waals surface area contributed by atoms with Gasteiger partial charge in [0, 0.05) is 43.4 Å². The molecule has 1 aliphatic heterocycles. The van der Waals surface area contributed by atoms with Crippen molar-refractivity contribution >= 4 is 17.5 Å². The average molecular weight is 436 g/mol. The number of carbonyl (C=O) groups is 2. The number of methoxy groups -OCH3 is 3. The van der Waals surface area contributed by atoms with Crippen molar-refractivity contribution in [2.75, 3.05) is 46.3 Å². The number of ether oxygens (including phenoxy) is 3. The molecule has 0 aromatic heterocycles. The summed E-state index contributed by atoms with van der Waals surface area (Å²) in [5.41, 5.74) is 0.584. The van der Waals surface area contributed by atoms with E-state index in [-0.39, 0.29) is 23.8 Å². The first-order chi connectivity index (χ1) is 14.9. The first-order valence-corrected chi connectivity index (χ1v) is 11.0. The lowest BCUT2D eigenvalue weighted by Gasteiger charge is -2.32. The van der Waals surface area contributed by atoms with Gasteiger partial charge in [0.15, 0.2) is 11.5 Å². The highest BCUT2D eigenvalue weighted by atomic mass is 16.5. The van der Waals surface area contributed by atoms with E-state index in [2.05, 4.69) is 29.4 Å². The Morgan fingerprint density at radius 3 is 2.42 bits per heavy atom. The van der Waals surface area contributed by atoms with E-state index in [1.54, 1.807) is 12.1 Å². The first kappa shape index (κ1) is 24.8. The Hall–Kier alpha value is -2.48. The van der Waals surface area contributed by atoms with Crippen molar-refractivity contribution in [1.82, 2.24) is 10.2 Å². The van der Waals surface area contributed by atoms with Crippen LogP contribution >= 0.6 is 0 Å². The molecular formula is C23H37N3O5. The largest absolute Gasteiger partial charge is 0.493 e. The molecule has 31 heavy (non-hydrogen) atoms. The third-order valence-electron chi connectivity index (χ3n) is 5.59. The van der Waals surface area contributed by atoms with Gasteiger partial charge in [0.1, 0.15) is 0 Å². The van der Waals surface area contributed by atoms with Gasteiger partial charge in [0.2, 0.25) is 17.6 Å². The molecule has 0 aliphatic carbocycles. The molecule has 1 saturated heterocycles. The fourth-order valence-corrected chi connectivity index (χ4v) is 3.97. The van der Waals surface area contributed by atoms with Gasteiger partial charge in [-0.25, -0.2) is 0 Å². The van der Waals surface area contributed by atoms with Gasteiger partial charge in [-0.15, -0.1) is 0 Å². The molecule has 2 atom stereocenters. The van der Waals surface area contributed by atoms with Gasteiger partial charge in [-0.2, -0.15) is 0 Å². The zero-order valence-corrected chi connectivity index (χ0v) is 19.5. The van der Waals surface area contributed by atoms with Crippen molar-refractivity contribution in [3.8, 4) is 17.2 Å². The Balaban J connectivity index is 1.87. The maximum absolute atomic E-state index is 12.5. The summed E-state index contributed by atoms with van der Waals surface area (Å²) in [6.45, 7) is 6.39. The molecule has 2 rings (SSSR count). The van der Waals surface area contributed by atoms with E-state index in [0.29, 0.717) is 42.4 Å². The maximum atomic E-state index is 12.5. The van der Waals surface area contributed by atoms with E-state index in [9.17, 15) is 9.59 Å².